The average Bonchev–Trinajstić information content (AvgIpc) is 3.46. The fourth-order valence-corrected chi connectivity index (χ4v) is 8.62. The lowest BCUT2D eigenvalue weighted by Gasteiger charge is -2.28. The summed E-state index contributed by atoms with van der Waals surface area (Å²) in [5, 5.41) is 5.03. The van der Waals surface area contributed by atoms with Gasteiger partial charge in [0.15, 0.2) is 0 Å². The third-order valence-electron chi connectivity index (χ3n) is 11.4. The van der Waals surface area contributed by atoms with Crippen molar-refractivity contribution in [1.82, 2.24) is 0 Å². The van der Waals surface area contributed by atoms with Crippen molar-refractivity contribution in [2.75, 3.05) is 4.90 Å². The number of rotatable bonds is 6. The van der Waals surface area contributed by atoms with E-state index < -0.39 is 0 Å². The maximum Gasteiger partial charge on any atom is 0.0467 e. The highest BCUT2D eigenvalue weighted by molar-refractivity contribution is 5.98. The van der Waals surface area contributed by atoms with Crippen molar-refractivity contribution in [2.24, 2.45) is 0 Å². The molecule has 0 spiro atoms. The van der Waals surface area contributed by atoms with Crippen LogP contribution in [0.4, 0.5) is 17.1 Å². The zero-order valence-electron chi connectivity index (χ0n) is 30.5. The van der Waals surface area contributed by atoms with Crippen molar-refractivity contribution in [3.63, 3.8) is 0 Å². The van der Waals surface area contributed by atoms with Gasteiger partial charge in [-0.15, -0.1) is 0 Å². The highest BCUT2D eigenvalue weighted by Gasteiger charge is 2.35. The zero-order chi connectivity index (χ0) is 36.2. The van der Waals surface area contributed by atoms with Crippen molar-refractivity contribution >= 4 is 38.6 Å². The van der Waals surface area contributed by atoms with E-state index in [1.807, 2.05) is 0 Å². The summed E-state index contributed by atoms with van der Waals surface area (Å²) < 4.78 is 0. The molecule has 256 valence electrons. The molecule has 1 nitrogen and oxygen atoms in total. The minimum atomic E-state index is -0.0989. The van der Waals surface area contributed by atoms with E-state index in [1.165, 1.54) is 77.2 Å². The molecule has 0 heterocycles. The van der Waals surface area contributed by atoms with Gasteiger partial charge in [0.1, 0.15) is 0 Å². The summed E-state index contributed by atoms with van der Waals surface area (Å²) in [5.41, 5.74) is 16.0. The molecule has 0 fully saturated rings. The SMILES string of the molecule is CC1(C)c2ccccc2-c2ccc(N(c3ccc(-c4cccc(-c5ccc6ccccc6c5)c4)cc3)c3cccc(-c4cccc5ccccc45)c3)cc21. The maximum atomic E-state index is 2.42. The van der Waals surface area contributed by atoms with Crippen molar-refractivity contribution in [2.45, 2.75) is 19.3 Å². The van der Waals surface area contributed by atoms with Gasteiger partial charge in [-0.05, 0) is 126 Å². The zero-order valence-corrected chi connectivity index (χ0v) is 30.5. The molecule has 1 aliphatic carbocycles. The van der Waals surface area contributed by atoms with Crippen LogP contribution in [0, 0.1) is 0 Å². The van der Waals surface area contributed by atoms with Crippen LogP contribution in [0.5, 0.6) is 0 Å². The highest BCUT2D eigenvalue weighted by Crippen LogP contribution is 2.51. The molecule has 1 aliphatic rings. The molecule has 0 saturated carbocycles. The number of hydrogen-bond acceptors (Lipinski definition) is 1. The molecule has 9 aromatic rings. The molecule has 0 unspecified atom stereocenters. The Morgan fingerprint density at radius 1 is 0.315 bits per heavy atom. The van der Waals surface area contributed by atoms with Gasteiger partial charge in [-0.25, -0.2) is 0 Å². The third-order valence-corrected chi connectivity index (χ3v) is 11.4. The Hall–Kier alpha value is -6.70. The summed E-state index contributed by atoms with van der Waals surface area (Å²) in [7, 11) is 0. The molecular weight excluding hydrogens is 651 g/mol. The number of fused-ring (bicyclic) bond motifs is 5. The van der Waals surface area contributed by atoms with Crippen LogP contribution in [-0.4, -0.2) is 0 Å². The average molecular weight is 690 g/mol. The predicted molar refractivity (Wildman–Crippen MR) is 230 cm³/mol. The van der Waals surface area contributed by atoms with Gasteiger partial charge in [0.05, 0.1) is 0 Å². The van der Waals surface area contributed by atoms with Gasteiger partial charge in [-0.3, -0.25) is 0 Å². The molecule has 0 radical (unpaired) electrons. The minimum absolute atomic E-state index is 0.0989. The standard InChI is InChI=1S/C53H39N/c1-53(2)51-23-8-7-21-49(51)50-31-30-46(35-52(50)53)54(45-19-10-18-43(34-45)48-22-11-15-38-13-5-6-20-47(38)48)44-28-26-37(27-29-44)40-16-9-17-41(32-40)42-25-24-36-12-3-4-14-39(36)33-42/h3-35H,1-2H3. The van der Waals surface area contributed by atoms with Crippen LogP contribution in [0.1, 0.15) is 25.0 Å². The van der Waals surface area contributed by atoms with E-state index in [4.69, 9.17) is 0 Å². The summed E-state index contributed by atoms with van der Waals surface area (Å²) in [5.74, 6) is 0. The van der Waals surface area contributed by atoms with Crippen LogP contribution in [0.3, 0.4) is 0 Å². The number of anilines is 3. The van der Waals surface area contributed by atoms with Crippen molar-refractivity contribution in [1.29, 1.82) is 0 Å². The summed E-state index contributed by atoms with van der Waals surface area (Å²) >= 11 is 0. The molecule has 9 aromatic carbocycles. The van der Waals surface area contributed by atoms with E-state index in [1.54, 1.807) is 0 Å². The van der Waals surface area contributed by atoms with Gasteiger partial charge in [0, 0.05) is 22.5 Å². The highest BCUT2D eigenvalue weighted by atomic mass is 15.1. The van der Waals surface area contributed by atoms with Crippen LogP contribution in [-0.2, 0) is 5.41 Å². The topological polar surface area (TPSA) is 3.24 Å². The van der Waals surface area contributed by atoms with E-state index >= 15 is 0 Å². The van der Waals surface area contributed by atoms with Crippen LogP contribution in [0.25, 0.3) is 66.1 Å². The number of hydrogen-bond donors (Lipinski definition) is 0. The quantitative estimate of drug-likeness (QED) is 0.168. The van der Waals surface area contributed by atoms with Gasteiger partial charge in [0.2, 0.25) is 0 Å². The molecule has 0 N–H and O–H groups in total. The fraction of sp³-hybridized carbons (Fsp3) is 0.0566. The fourth-order valence-electron chi connectivity index (χ4n) is 8.62. The van der Waals surface area contributed by atoms with Crippen LogP contribution < -0.4 is 4.90 Å². The predicted octanol–water partition coefficient (Wildman–Crippen LogP) is 14.8. The van der Waals surface area contributed by atoms with E-state index in [-0.39, 0.29) is 5.41 Å². The lowest BCUT2D eigenvalue weighted by Crippen LogP contribution is -2.16. The molecule has 0 bridgehead atoms. The van der Waals surface area contributed by atoms with E-state index in [0.717, 1.165) is 17.1 Å². The second-order valence-corrected chi connectivity index (χ2v) is 15.0. The second-order valence-electron chi connectivity index (χ2n) is 15.0. The molecule has 0 aliphatic heterocycles. The van der Waals surface area contributed by atoms with Gasteiger partial charge in [-0.1, -0.05) is 166 Å². The molecule has 0 amide bonds. The van der Waals surface area contributed by atoms with Gasteiger partial charge >= 0.3 is 0 Å². The Morgan fingerprint density at radius 3 is 1.76 bits per heavy atom. The van der Waals surface area contributed by atoms with Crippen molar-refractivity contribution in [3.8, 4) is 44.5 Å². The van der Waals surface area contributed by atoms with Crippen molar-refractivity contribution in [3.05, 3.63) is 211 Å². The Bertz CT molecular complexity index is 2850. The van der Waals surface area contributed by atoms with Gasteiger partial charge in [0.25, 0.3) is 0 Å². The first-order valence-electron chi connectivity index (χ1n) is 18.8. The van der Waals surface area contributed by atoms with E-state index in [9.17, 15) is 0 Å². The summed E-state index contributed by atoms with van der Waals surface area (Å²) in [6.45, 7) is 4.71. The van der Waals surface area contributed by atoms with E-state index in [2.05, 4.69) is 219 Å². The first kappa shape index (κ1) is 32.0. The maximum absolute atomic E-state index is 2.42. The minimum Gasteiger partial charge on any atom is -0.310 e. The van der Waals surface area contributed by atoms with Crippen LogP contribution in [0.15, 0.2) is 200 Å². The van der Waals surface area contributed by atoms with Crippen LogP contribution >= 0.6 is 0 Å². The lowest BCUT2D eigenvalue weighted by atomic mass is 9.82. The largest absolute Gasteiger partial charge is 0.310 e. The summed E-state index contributed by atoms with van der Waals surface area (Å²) in [4.78, 5) is 2.42. The second kappa shape index (κ2) is 12.8. The molecule has 0 aromatic heterocycles. The Morgan fingerprint density at radius 2 is 0.889 bits per heavy atom. The molecule has 0 atom stereocenters. The molecule has 10 rings (SSSR count). The first-order valence-corrected chi connectivity index (χ1v) is 18.8. The first-order chi connectivity index (χ1) is 26.5. The molecule has 54 heavy (non-hydrogen) atoms. The molecular formula is C53H39N. The number of benzene rings is 9. The smallest absolute Gasteiger partial charge is 0.0467 e. The van der Waals surface area contributed by atoms with Gasteiger partial charge in [-0.2, -0.15) is 0 Å². The number of nitrogens with zero attached hydrogens (tertiary/aromatic N) is 1. The van der Waals surface area contributed by atoms with Crippen molar-refractivity contribution < 1.29 is 0 Å². The normalized spacial score (nSPS) is 12.8. The Labute approximate surface area is 317 Å². The Kier molecular flexibility index (Phi) is 7.56. The Balaban J connectivity index is 1.07. The third kappa shape index (κ3) is 5.40. The molecule has 0 saturated heterocycles. The summed E-state index contributed by atoms with van der Waals surface area (Å²) in [6.07, 6.45) is 0. The summed E-state index contributed by atoms with van der Waals surface area (Å²) in [6, 6.07) is 73.4. The lowest BCUT2D eigenvalue weighted by molar-refractivity contribution is 0.660. The molecule has 1 heteroatoms. The van der Waals surface area contributed by atoms with Crippen LogP contribution in [0.2, 0.25) is 0 Å². The van der Waals surface area contributed by atoms with Gasteiger partial charge < -0.3 is 4.90 Å². The monoisotopic (exact) mass is 689 g/mol. The van der Waals surface area contributed by atoms with E-state index in [0.29, 0.717) is 0 Å².